The Labute approximate surface area is 296 Å². The fourth-order valence-corrected chi connectivity index (χ4v) is 6.79. The van der Waals surface area contributed by atoms with Crippen molar-refractivity contribution in [2.75, 3.05) is 20.2 Å². The molecule has 17 nitrogen and oxygen atoms in total. The average Bonchev–Trinajstić information content (AvgIpc) is 3.56. The minimum Gasteiger partial charge on any atom is -0.464 e. The first-order valence-electron chi connectivity index (χ1n) is 15.7. The van der Waals surface area contributed by atoms with Crippen LogP contribution in [0.3, 0.4) is 0 Å². The van der Waals surface area contributed by atoms with Gasteiger partial charge in [-0.2, -0.15) is 0 Å². The molecule has 18 heteroatoms. The molecule has 2 aliphatic rings. The molecule has 0 aliphatic carbocycles. The Morgan fingerprint density at radius 2 is 1.47 bits per heavy atom. The van der Waals surface area contributed by atoms with E-state index in [1.807, 2.05) is 0 Å². The molecule has 272 valence electrons. The molecule has 2 saturated heterocycles. The predicted octanol–water partition coefficient (Wildman–Crippen LogP) is 4.90. The third kappa shape index (κ3) is 9.59. The highest BCUT2D eigenvalue weighted by Crippen LogP contribution is 2.39. The molecule has 2 fully saturated rings. The van der Waals surface area contributed by atoms with Crippen molar-refractivity contribution >= 4 is 52.4 Å². The Balaban J connectivity index is 1.35. The molecule has 2 heterocycles. The van der Waals surface area contributed by atoms with Crippen molar-refractivity contribution in [1.29, 1.82) is 0 Å². The molecule has 4 atom stereocenters. The summed E-state index contributed by atoms with van der Waals surface area (Å²) in [6.45, 7) is 4.91. The van der Waals surface area contributed by atoms with E-state index < -0.39 is 52.0 Å². The number of non-ortho nitro benzene ring substituents is 2. The standard InChI is InChI=1S/C33H36N4O13S/c1-19(2)29(31(40)47-4)35-26(28(30(35)39)20(3)50-33(42)49-18-22-7-11-24(12-8-22)37(45)46)15-27(38)51-25-13-14-34(16-25)32(41)48-17-21-5-9-23(10-6-21)36(43)44/h5-12,20,25-26,28H,13-18H2,1-4H3/t20-,25?,26-,28-/m1/s1. The number of hydrogen-bond donors (Lipinski definition) is 0. The van der Waals surface area contributed by atoms with Crippen LogP contribution in [0.4, 0.5) is 21.0 Å². The monoisotopic (exact) mass is 728 g/mol. The lowest BCUT2D eigenvalue weighted by Crippen LogP contribution is -2.65. The number of hydrogen-bond acceptors (Lipinski definition) is 14. The van der Waals surface area contributed by atoms with Crippen LogP contribution in [-0.2, 0) is 46.5 Å². The quantitative estimate of drug-likeness (QED) is 0.0670. The number of carbonyl (C=O) groups is 5. The Morgan fingerprint density at radius 1 is 0.922 bits per heavy atom. The van der Waals surface area contributed by atoms with Crippen LogP contribution in [0.25, 0.3) is 0 Å². The zero-order valence-corrected chi connectivity index (χ0v) is 29.0. The van der Waals surface area contributed by atoms with E-state index in [0.717, 1.165) is 11.8 Å². The summed E-state index contributed by atoms with van der Waals surface area (Å²) in [6, 6.07) is 10.1. The highest BCUT2D eigenvalue weighted by atomic mass is 32.2. The van der Waals surface area contributed by atoms with Crippen LogP contribution in [0.1, 0.15) is 44.7 Å². The maximum atomic E-state index is 13.5. The van der Waals surface area contributed by atoms with E-state index in [2.05, 4.69) is 0 Å². The summed E-state index contributed by atoms with van der Waals surface area (Å²) < 4.78 is 20.8. The number of esters is 1. The highest BCUT2D eigenvalue weighted by Gasteiger charge is 2.55. The summed E-state index contributed by atoms with van der Waals surface area (Å²) in [5.41, 5.74) is 1.26. The second-order valence-electron chi connectivity index (χ2n) is 12.0. The third-order valence-electron chi connectivity index (χ3n) is 8.24. The second kappa shape index (κ2) is 16.9. The zero-order chi connectivity index (χ0) is 37.4. The predicted molar refractivity (Wildman–Crippen MR) is 179 cm³/mol. The van der Waals surface area contributed by atoms with Gasteiger partial charge in [0.25, 0.3) is 11.4 Å². The number of allylic oxidation sites excluding steroid dienone is 1. The van der Waals surface area contributed by atoms with Crippen molar-refractivity contribution in [3.05, 3.63) is 91.2 Å². The number of thioether (sulfide) groups is 1. The Morgan fingerprint density at radius 3 is 1.98 bits per heavy atom. The Hall–Kier alpha value is -5.52. The average molecular weight is 729 g/mol. The minimum atomic E-state index is -1.10. The van der Waals surface area contributed by atoms with E-state index in [0.29, 0.717) is 29.7 Å². The molecule has 4 rings (SSSR count). The Kier molecular flexibility index (Phi) is 12.7. The molecule has 0 radical (unpaired) electrons. The van der Waals surface area contributed by atoms with Gasteiger partial charge < -0.3 is 28.7 Å². The summed E-state index contributed by atoms with van der Waals surface area (Å²) in [5, 5.41) is 21.1. The van der Waals surface area contributed by atoms with Gasteiger partial charge >= 0.3 is 18.2 Å². The van der Waals surface area contributed by atoms with E-state index in [1.165, 1.54) is 72.4 Å². The summed E-state index contributed by atoms with van der Waals surface area (Å²) in [5.74, 6) is -2.34. The van der Waals surface area contributed by atoms with Gasteiger partial charge in [0.15, 0.2) is 5.12 Å². The molecule has 1 unspecified atom stereocenters. The smallest absolute Gasteiger partial charge is 0.464 e. The van der Waals surface area contributed by atoms with Gasteiger partial charge in [0, 0.05) is 49.0 Å². The number of methoxy groups -OCH3 is 1. The number of amides is 2. The van der Waals surface area contributed by atoms with Crippen LogP contribution in [0.15, 0.2) is 59.8 Å². The van der Waals surface area contributed by atoms with Crippen LogP contribution in [0, 0.1) is 26.1 Å². The van der Waals surface area contributed by atoms with Gasteiger partial charge in [0.1, 0.15) is 25.0 Å². The zero-order valence-electron chi connectivity index (χ0n) is 28.2. The number of carbonyl (C=O) groups excluding carboxylic acids is 5. The number of nitro groups is 2. The molecule has 0 spiro atoms. The second-order valence-corrected chi connectivity index (χ2v) is 13.3. The van der Waals surface area contributed by atoms with E-state index in [-0.39, 0.29) is 53.6 Å². The lowest BCUT2D eigenvalue weighted by atomic mass is 9.80. The van der Waals surface area contributed by atoms with Gasteiger partial charge in [0.2, 0.25) is 5.91 Å². The summed E-state index contributed by atoms with van der Waals surface area (Å²) in [6.07, 6.45) is -2.49. The third-order valence-corrected chi connectivity index (χ3v) is 9.39. The molecule has 2 aliphatic heterocycles. The van der Waals surface area contributed by atoms with Gasteiger partial charge in [-0.1, -0.05) is 11.8 Å². The first kappa shape index (κ1) is 38.3. The number of β-lactam (4-membered cyclic amide) rings is 1. The van der Waals surface area contributed by atoms with Crippen LogP contribution in [0.5, 0.6) is 0 Å². The van der Waals surface area contributed by atoms with E-state index in [1.54, 1.807) is 13.8 Å². The van der Waals surface area contributed by atoms with Crippen molar-refractivity contribution in [1.82, 2.24) is 9.80 Å². The van der Waals surface area contributed by atoms with E-state index in [9.17, 15) is 44.2 Å². The number of ether oxygens (including phenoxy) is 4. The SMILES string of the molecule is COC(=O)C(=C(C)C)N1C(=O)[C@H]([C@@H](C)OC(=O)OCc2ccc([N+](=O)[O-])cc2)[C@H]1CC(=O)SC1CCN(C(=O)OCc2ccc([N+](=O)[O-])cc2)C1. The van der Waals surface area contributed by atoms with Crippen molar-refractivity contribution in [2.45, 2.75) is 64.2 Å². The maximum absolute atomic E-state index is 13.5. The topological polar surface area (TPSA) is 215 Å². The van der Waals surface area contributed by atoms with Gasteiger partial charge in [-0.25, -0.2) is 14.4 Å². The van der Waals surface area contributed by atoms with Crippen molar-refractivity contribution in [3.63, 3.8) is 0 Å². The number of likely N-dealkylation sites (tertiary alicyclic amines) is 2. The van der Waals surface area contributed by atoms with Gasteiger partial charge in [-0.15, -0.1) is 0 Å². The normalized spacial score (nSPS) is 18.6. The first-order chi connectivity index (χ1) is 24.2. The van der Waals surface area contributed by atoms with Gasteiger partial charge in [0.05, 0.1) is 28.9 Å². The van der Waals surface area contributed by atoms with Gasteiger partial charge in [-0.3, -0.25) is 29.8 Å². The summed E-state index contributed by atoms with van der Waals surface area (Å²) in [4.78, 5) is 88.0. The fourth-order valence-electron chi connectivity index (χ4n) is 5.68. The Bertz CT molecular complexity index is 1710. The van der Waals surface area contributed by atoms with E-state index in [4.69, 9.17) is 18.9 Å². The summed E-state index contributed by atoms with van der Waals surface area (Å²) >= 11 is 1.00. The number of nitrogens with zero attached hydrogens (tertiary/aromatic N) is 4. The molecular weight excluding hydrogens is 692 g/mol. The molecule has 0 saturated carbocycles. The number of rotatable bonds is 13. The van der Waals surface area contributed by atoms with Crippen LogP contribution >= 0.6 is 11.8 Å². The number of benzene rings is 2. The molecule has 2 amide bonds. The van der Waals surface area contributed by atoms with Crippen molar-refractivity contribution in [2.24, 2.45) is 5.92 Å². The molecule has 2 aromatic carbocycles. The highest BCUT2D eigenvalue weighted by molar-refractivity contribution is 8.14. The number of nitro benzene ring substituents is 2. The van der Waals surface area contributed by atoms with Crippen molar-refractivity contribution in [3.8, 4) is 0 Å². The molecule has 0 bridgehead atoms. The first-order valence-corrected chi connectivity index (χ1v) is 16.6. The lowest BCUT2D eigenvalue weighted by Gasteiger charge is -2.49. The van der Waals surface area contributed by atoms with Crippen LogP contribution in [0.2, 0.25) is 0 Å². The lowest BCUT2D eigenvalue weighted by molar-refractivity contribution is -0.385. The minimum absolute atomic E-state index is 0.0303. The fraction of sp³-hybridized carbons (Fsp3) is 0.424. The molecule has 2 aromatic rings. The van der Waals surface area contributed by atoms with Crippen LogP contribution in [-0.4, -0.2) is 86.5 Å². The maximum Gasteiger partial charge on any atom is 0.508 e. The summed E-state index contributed by atoms with van der Waals surface area (Å²) in [7, 11) is 1.17. The van der Waals surface area contributed by atoms with Crippen molar-refractivity contribution < 1.29 is 52.8 Å². The van der Waals surface area contributed by atoms with Crippen LogP contribution < -0.4 is 0 Å². The molecular formula is C33H36N4O13S. The largest absolute Gasteiger partial charge is 0.508 e. The molecule has 0 N–H and O–H groups in total. The van der Waals surface area contributed by atoms with Gasteiger partial charge in [-0.05, 0) is 68.2 Å². The molecule has 51 heavy (non-hydrogen) atoms. The molecule has 0 aromatic heterocycles. The van der Waals surface area contributed by atoms with E-state index >= 15 is 0 Å².